The molecule has 19 heavy (non-hydrogen) atoms. The fourth-order valence-corrected chi connectivity index (χ4v) is 1.98. The molecule has 1 aromatic heterocycles. The van der Waals surface area contributed by atoms with Gasteiger partial charge in [-0.3, -0.25) is 0 Å². The molecule has 3 aromatic rings. The molecule has 0 N–H and O–H groups in total. The molecule has 0 saturated carbocycles. The van der Waals surface area contributed by atoms with E-state index < -0.39 is 0 Å². The molecular formula is C16H13N3. The number of rotatable bonds is 2. The number of hydrogen-bond acceptors (Lipinski definition) is 3. The third-order valence-electron chi connectivity index (χ3n) is 3.01. The summed E-state index contributed by atoms with van der Waals surface area (Å²) >= 11 is 0. The Hall–Kier alpha value is -2.55. The zero-order chi connectivity index (χ0) is 13.1. The van der Waals surface area contributed by atoms with Crippen molar-refractivity contribution in [3.63, 3.8) is 0 Å². The third kappa shape index (κ3) is 2.36. The van der Waals surface area contributed by atoms with Crippen molar-refractivity contribution in [2.24, 2.45) is 0 Å². The largest absolute Gasteiger partial charge is 0.233 e. The van der Waals surface area contributed by atoms with Crippen LogP contribution in [0.1, 0.15) is 5.56 Å². The highest BCUT2D eigenvalue weighted by Gasteiger charge is 2.05. The molecule has 0 fully saturated rings. The Morgan fingerprint density at radius 3 is 2.21 bits per heavy atom. The van der Waals surface area contributed by atoms with Gasteiger partial charge in [-0.05, 0) is 12.5 Å². The van der Waals surface area contributed by atoms with Gasteiger partial charge >= 0.3 is 0 Å². The van der Waals surface area contributed by atoms with E-state index in [1.165, 1.54) is 5.56 Å². The van der Waals surface area contributed by atoms with Crippen molar-refractivity contribution in [3.8, 4) is 22.6 Å². The van der Waals surface area contributed by atoms with Crippen LogP contribution >= 0.6 is 0 Å². The first-order valence-electron chi connectivity index (χ1n) is 6.16. The zero-order valence-electron chi connectivity index (χ0n) is 10.6. The van der Waals surface area contributed by atoms with Gasteiger partial charge in [0.1, 0.15) is 5.69 Å². The SMILES string of the molecule is Cc1ccccc1-c1cnc(-c2ccccc2)nn1. The Morgan fingerprint density at radius 2 is 1.53 bits per heavy atom. The summed E-state index contributed by atoms with van der Waals surface area (Å²) in [4.78, 5) is 4.39. The van der Waals surface area contributed by atoms with Gasteiger partial charge in [0.25, 0.3) is 0 Å². The quantitative estimate of drug-likeness (QED) is 0.695. The zero-order valence-corrected chi connectivity index (χ0v) is 10.6. The Labute approximate surface area is 112 Å². The summed E-state index contributed by atoms with van der Waals surface area (Å²) in [7, 11) is 0. The lowest BCUT2D eigenvalue weighted by Gasteiger charge is -2.04. The van der Waals surface area contributed by atoms with Gasteiger partial charge in [0.15, 0.2) is 5.82 Å². The predicted molar refractivity (Wildman–Crippen MR) is 75.4 cm³/mol. The van der Waals surface area contributed by atoms with E-state index in [9.17, 15) is 0 Å². The van der Waals surface area contributed by atoms with Crippen molar-refractivity contribution in [2.75, 3.05) is 0 Å². The molecule has 92 valence electrons. The van der Waals surface area contributed by atoms with Crippen LogP contribution in [0.4, 0.5) is 0 Å². The number of nitrogens with zero attached hydrogens (tertiary/aromatic N) is 3. The maximum Gasteiger partial charge on any atom is 0.181 e. The second-order valence-electron chi connectivity index (χ2n) is 4.35. The standard InChI is InChI=1S/C16H13N3/c1-12-7-5-6-10-14(12)15-11-17-16(19-18-15)13-8-3-2-4-9-13/h2-11H,1H3. The minimum absolute atomic E-state index is 0.651. The Kier molecular flexibility index (Phi) is 3.02. The second-order valence-corrected chi connectivity index (χ2v) is 4.35. The van der Waals surface area contributed by atoms with E-state index in [0.717, 1.165) is 16.8 Å². The molecule has 0 aliphatic carbocycles. The van der Waals surface area contributed by atoms with Gasteiger partial charge in [0.05, 0.1) is 6.20 Å². The molecule has 0 spiro atoms. The molecule has 0 aliphatic rings. The smallest absolute Gasteiger partial charge is 0.181 e. The van der Waals surface area contributed by atoms with Crippen LogP contribution in [-0.4, -0.2) is 15.2 Å². The summed E-state index contributed by atoms with van der Waals surface area (Å²) in [6, 6.07) is 18.0. The molecule has 0 saturated heterocycles. The molecule has 0 atom stereocenters. The fraction of sp³-hybridized carbons (Fsp3) is 0.0625. The molecule has 0 bridgehead atoms. The normalized spacial score (nSPS) is 10.4. The molecule has 3 heteroatoms. The van der Waals surface area contributed by atoms with E-state index in [1.807, 2.05) is 48.5 Å². The summed E-state index contributed by atoms with van der Waals surface area (Å²) in [6.07, 6.45) is 1.78. The summed E-state index contributed by atoms with van der Waals surface area (Å²) in [5.41, 5.74) is 4.03. The average molecular weight is 247 g/mol. The monoisotopic (exact) mass is 247 g/mol. The first-order valence-corrected chi connectivity index (χ1v) is 6.16. The van der Waals surface area contributed by atoms with Crippen LogP contribution in [0.2, 0.25) is 0 Å². The van der Waals surface area contributed by atoms with Gasteiger partial charge in [0.2, 0.25) is 0 Å². The lowest BCUT2D eigenvalue weighted by molar-refractivity contribution is 0.986. The van der Waals surface area contributed by atoms with E-state index in [2.05, 4.69) is 28.2 Å². The minimum atomic E-state index is 0.651. The van der Waals surface area contributed by atoms with Crippen molar-refractivity contribution < 1.29 is 0 Å². The van der Waals surface area contributed by atoms with Crippen molar-refractivity contribution in [1.82, 2.24) is 15.2 Å². The Bertz CT molecular complexity index is 676. The van der Waals surface area contributed by atoms with Crippen LogP contribution in [-0.2, 0) is 0 Å². The highest BCUT2D eigenvalue weighted by molar-refractivity contribution is 5.63. The van der Waals surface area contributed by atoms with E-state index >= 15 is 0 Å². The van der Waals surface area contributed by atoms with Crippen molar-refractivity contribution in [1.29, 1.82) is 0 Å². The summed E-state index contributed by atoms with van der Waals surface area (Å²) in [5, 5.41) is 8.48. The van der Waals surface area contributed by atoms with Crippen molar-refractivity contribution in [3.05, 3.63) is 66.4 Å². The first-order chi connectivity index (χ1) is 9.34. The topological polar surface area (TPSA) is 38.7 Å². The van der Waals surface area contributed by atoms with Crippen LogP contribution < -0.4 is 0 Å². The molecule has 0 aliphatic heterocycles. The average Bonchev–Trinajstić information content (AvgIpc) is 2.49. The molecule has 3 rings (SSSR count). The van der Waals surface area contributed by atoms with E-state index in [1.54, 1.807) is 6.20 Å². The number of benzene rings is 2. The Morgan fingerprint density at radius 1 is 0.789 bits per heavy atom. The highest BCUT2D eigenvalue weighted by Crippen LogP contribution is 2.20. The van der Waals surface area contributed by atoms with Crippen LogP contribution in [0.25, 0.3) is 22.6 Å². The second kappa shape index (κ2) is 4.98. The minimum Gasteiger partial charge on any atom is -0.233 e. The summed E-state index contributed by atoms with van der Waals surface area (Å²) < 4.78 is 0. The number of hydrogen-bond donors (Lipinski definition) is 0. The lowest BCUT2D eigenvalue weighted by atomic mass is 10.1. The van der Waals surface area contributed by atoms with Crippen LogP contribution in [0, 0.1) is 6.92 Å². The number of aromatic nitrogens is 3. The van der Waals surface area contributed by atoms with Gasteiger partial charge in [-0.1, -0.05) is 54.6 Å². The van der Waals surface area contributed by atoms with Gasteiger partial charge in [-0.15, -0.1) is 10.2 Å². The molecule has 1 heterocycles. The third-order valence-corrected chi connectivity index (χ3v) is 3.01. The van der Waals surface area contributed by atoms with Crippen LogP contribution in [0.15, 0.2) is 60.8 Å². The van der Waals surface area contributed by atoms with E-state index in [0.29, 0.717) is 5.82 Å². The first kappa shape index (κ1) is 11.5. The maximum atomic E-state index is 4.39. The van der Waals surface area contributed by atoms with E-state index in [-0.39, 0.29) is 0 Å². The van der Waals surface area contributed by atoms with Gasteiger partial charge < -0.3 is 0 Å². The summed E-state index contributed by atoms with van der Waals surface area (Å²) in [5.74, 6) is 0.651. The van der Waals surface area contributed by atoms with E-state index in [4.69, 9.17) is 0 Å². The highest BCUT2D eigenvalue weighted by atomic mass is 15.2. The van der Waals surface area contributed by atoms with Gasteiger partial charge in [-0.2, -0.15) is 0 Å². The van der Waals surface area contributed by atoms with Gasteiger partial charge in [0, 0.05) is 11.1 Å². The van der Waals surface area contributed by atoms with Crippen LogP contribution in [0.5, 0.6) is 0 Å². The fourth-order valence-electron chi connectivity index (χ4n) is 1.98. The molecule has 0 radical (unpaired) electrons. The Balaban J connectivity index is 1.98. The maximum absolute atomic E-state index is 4.39. The van der Waals surface area contributed by atoms with Crippen molar-refractivity contribution >= 4 is 0 Å². The van der Waals surface area contributed by atoms with Gasteiger partial charge in [-0.25, -0.2) is 4.98 Å². The molecule has 0 amide bonds. The van der Waals surface area contributed by atoms with Crippen molar-refractivity contribution in [2.45, 2.75) is 6.92 Å². The molecule has 0 unspecified atom stereocenters. The molecular weight excluding hydrogens is 234 g/mol. The molecule has 2 aromatic carbocycles. The summed E-state index contributed by atoms with van der Waals surface area (Å²) in [6.45, 7) is 2.06. The van der Waals surface area contributed by atoms with Crippen LogP contribution in [0.3, 0.4) is 0 Å². The predicted octanol–water partition coefficient (Wildman–Crippen LogP) is 3.51. The molecule has 3 nitrogen and oxygen atoms in total. The lowest BCUT2D eigenvalue weighted by Crippen LogP contribution is -1.95. The number of aryl methyl sites for hydroxylation is 1.